The number of amides is 1. The van der Waals surface area contributed by atoms with Crippen LogP contribution < -0.4 is 10.1 Å². The van der Waals surface area contributed by atoms with E-state index < -0.39 is 0 Å². The number of nitrogens with one attached hydrogen (secondary N) is 1. The summed E-state index contributed by atoms with van der Waals surface area (Å²) in [6.45, 7) is 0.489. The molecule has 1 N–H and O–H groups in total. The molecule has 4 nitrogen and oxygen atoms in total. The molecule has 6 heteroatoms. The minimum absolute atomic E-state index is 0.145. The van der Waals surface area contributed by atoms with Crippen molar-refractivity contribution in [2.75, 3.05) is 13.7 Å². The van der Waals surface area contributed by atoms with Gasteiger partial charge >= 0.3 is 0 Å². The molecule has 0 aliphatic heterocycles. The molecule has 0 atom stereocenters. The van der Waals surface area contributed by atoms with E-state index in [1.807, 2.05) is 5.38 Å². The van der Waals surface area contributed by atoms with E-state index >= 15 is 0 Å². The number of ether oxygens (including phenoxy) is 1. The molecule has 0 bridgehead atoms. The molecule has 0 aliphatic carbocycles. The minimum atomic E-state index is -0.263. The Labute approximate surface area is 149 Å². The van der Waals surface area contributed by atoms with Crippen molar-refractivity contribution >= 4 is 17.2 Å². The largest absolute Gasteiger partial charge is 0.497 e. The maximum absolute atomic E-state index is 13.0. The maximum Gasteiger partial charge on any atom is 0.251 e. The molecule has 0 spiro atoms. The molecule has 0 radical (unpaired) electrons. The van der Waals surface area contributed by atoms with Crippen molar-refractivity contribution in [1.29, 1.82) is 0 Å². The van der Waals surface area contributed by atoms with Gasteiger partial charge in [0.05, 0.1) is 12.8 Å². The van der Waals surface area contributed by atoms with Crippen LogP contribution >= 0.6 is 11.3 Å². The predicted molar refractivity (Wildman–Crippen MR) is 96.5 cm³/mol. The number of benzene rings is 2. The van der Waals surface area contributed by atoms with Gasteiger partial charge in [-0.25, -0.2) is 9.37 Å². The van der Waals surface area contributed by atoms with E-state index in [-0.39, 0.29) is 11.7 Å². The fourth-order valence-corrected chi connectivity index (χ4v) is 3.18. The third-order valence-corrected chi connectivity index (χ3v) is 4.58. The lowest BCUT2D eigenvalue weighted by atomic mass is 10.2. The Balaban J connectivity index is 1.55. The quantitative estimate of drug-likeness (QED) is 0.728. The third-order valence-electron chi connectivity index (χ3n) is 3.64. The smallest absolute Gasteiger partial charge is 0.251 e. The average Bonchev–Trinajstić information content (AvgIpc) is 3.11. The van der Waals surface area contributed by atoms with Crippen molar-refractivity contribution in [2.24, 2.45) is 0 Å². The number of hydrogen-bond acceptors (Lipinski definition) is 4. The van der Waals surface area contributed by atoms with Gasteiger partial charge in [-0.1, -0.05) is 6.07 Å². The van der Waals surface area contributed by atoms with Gasteiger partial charge in [0.1, 0.15) is 16.6 Å². The summed E-state index contributed by atoms with van der Waals surface area (Å²) in [4.78, 5) is 16.7. The maximum atomic E-state index is 13.0. The van der Waals surface area contributed by atoms with Gasteiger partial charge in [0, 0.05) is 29.5 Å². The number of halogens is 1. The molecule has 3 aromatic rings. The molecule has 0 aliphatic rings. The van der Waals surface area contributed by atoms with Crippen LogP contribution in [0.1, 0.15) is 16.1 Å². The number of hydrogen-bond donors (Lipinski definition) is 1. The lowest BCUT2D eigenvalue weighted by Gasteiger charge is -2.05. The molecule has 25 heavy (non-hydrogen) atoms. The van der Waals surface area contributed by atoms with E-state index in [1.165, 1.54) is 23.5 Å². The Kier molecular flexibility index (Phi) is 5.40. The number of thiazole rings is 1. The molecule has 1 amide bonds. The number of nitrogens with zero attached hydrogens (tertiary/aromatic N) is 1. The molecule has 1 heterocycles. The Morgan fingerprint density at radius 1 is 1.24 bits per heavy atom. The van der Waals surface area contributed by atoms with Crippen molar-refractivity contribution in [1.82, 2.24) is 10.3 Å². The molecule has 2 aromatic carbocycles. The van der Waals surface area contributed by atoms with E-state index in [0.717, 1.165) is 16.3 Å². The molecule has 0 saturated carbocycles. The van der Waals surface area contributed by atoms with Crippen molar-refractivity contribution < 1.29 is 13.9 Å². The van der Waals surface area contributed by atoms with Gasteiger partial charge in [-0.3, -0.25) is 4.79 Å². The molecule has 128 valence electrons. The normalized spacial score (nSPS) is 10.5. The van der Waals surface area contributed by atoms with Gasteiger partial charge in [-0.05, 0) is 42.5 Å². The fourth-order valence-electron chi connectivity index (χ4n) is 2.32. The summed E-state index contributed by atoms with van der Waals surface area (Å²) in [5.41, 5.74) is 2.35. The van der Waals surface area contributed by atoms with Crippen LogP contribution in [0.4, 0.5) is 4.39 Å². The fraction of sp³-hybridized carbons (Fsp3) is 0.158. The first-order valence-corrected chi connectivity index (χ1v) is 8.66. The summed E-state index contributed by atoms with van der Waals surface area (Å²) < 4.78 is 18.1. The van der Waals surface area contributed by atoms with Crippen LogP contribution in [0.5, 0.6) is 5.75 Å². The standard InChI is InChI=1S/C19H17FN2O2S/c1-24-17-4-2-3-14(11-17)18(23)21-10-9-16-12-25-19(22-16)13-5-7-15(20)8-6-13/h2-8,11-12H,9-10H2,1H3,(H,21,23). The Morgan fingerprint density at radius 2 is 2.04 bits per heavy atom. The monoisotopic (exact) mass is 356 g/mol. The first kappa shape index (κ1) is 17.1. The van der Waals surface area contributed by atoms with Gasteiger partial charge in [0.2, 0.25) is 0 Å². The van der Waals surface area contributed by atoms with Crippen LogP contribution in [-0.2, 0) is 6.42 Å². The van der Waals surface area contributed by atoms with Gasteiger partial charge in [0.15, 0.2) is 0 Å². The van der Waals surface area contributed by atoms with E-state index in [9.17, 15) is 9.18 Å². The first-order valence-electron chi connectivity index (χ1n) is 7.78. The average molecular weight is 356 g/mol. The molecule has 1 aromatic heterocycles. The molecular formula is C19H17FN2O2S. The van der Waals surface area contributed by atoms with Gasteiger partial charge in [-0.2, -0.15) is 0 Å². The number of carbonyl (C=O) groups excluding carboxylic acids is 1. The Morgan fingerprint density at radius 3 is 2.80 bits per heavy atom. The molecular weight excluding hydrogens is 339 g/mol. The summed E-state index contributed by atoms with van der Waals surface area (Å²) in [6.07, 6.45) is 0.632. The number of methoxy groups -OCH3 is 1. The van der Waals surface area contributed by atoms with Gasteiger partial charge in [0.25, 0.3) is 5.91 Å². The highest BCUT2D eigenvalue weighted by Gasteiger charge is 2.08. The summed E-state index contributed by atoms with van der Waals surface area (Å²) in [6, 6.07) is 13.3. The first-order chi connectivity index (χ1) is 12.2. The van der Waals surface area contributed by atoms with Crippen LogP contribution in [0, 0.1) is 5.82 Å². The van der Waals surface area contributed by atoms with Crippen LogP contribution in [0.2, 0.25) is 0 Å². The lowest BCUT2D eigenvalue weighted by Crippen LogP contribution is -2.25. The van der Waals surface area contributed by atoms with Gasteiger partial charge in [-0.15, -0.1) is 11.3 Å². The predicted octanol–water partition coefficient (Wildman–Crippen LogP) is 3.93. The topological polar surface area (TPSA) is 51.2 Å². The van der Waals surface area contributed by atoms with Crippen LogP contribution in [0.25, 0.3) is 10.6 Å². The Hall–Kier alpha value is -2.73. The van der Waals surface area contributed by atoms with Gasteiger partial charge < -0.3 is 10.1 Å². The van der Waals surface area contributed by atoms with E-state index in [0.29, 0.717) is 24.3 Å². The van der Waals surface area contributed by atoms with E-state index in [1.54, 1.807) is 43.5 Å². The summed E-state index contributed by atoms with van der Waals surface area (Å²) >= 11 is 1.51. The number of carbonyl (C=O) groups is 1. The van der Waals surface area contributed by atoms with E-state index in [4.69, 9.17) is 4.74 Å². The summed E-state index contributed by atoms with van der Waals surface area (Å²) in [5.74, 6) is 0.241. The highest BCUT2D eigenvalue weighted by molar-refractivity contribution is 7.13. The zero-order valence-corrected chi connectivity index (χ0v) is 14.5. The van der Waals surface area contributed by atoms with Crippen LogP contribution in [-0.4, -0.2) is 24.5 Å². The van der Waals surface area contributed by atoms with E-state index in [2.05, 4.69) is 10.3 Å². The second-order valence-electron chi connectivity index (χ2n) is 5.39. The second-order valence-corrected chi connectivity index (χ2v) is 6.25. The highest BCUT2D eigenvalue weighted by atomic mass is 32.1. The summed E-state index contributed by atoms with van der Waals surface area (Å²) in [5, 5.41) is 5.67. The third kappa shape index (κ3) is 4.42. The van der Waals surface area contributed by atoms with Crippen LogP contribution in [0.3, 0.4) is 0 Å². The molecule has 0 saturated heterocycles. The molecule has 0 unspecified atom stereocenters. The zero-order valence-electron chi connectivity index (χ0n) is 13.7. The zero-order chi connectivity index (χ0) is 17.6. The van der Waals surface area contributed by atoms with Crippen molar-refractivity contribution in [2.45, 2.75) is 6.42 Å². The number of aromatic nitrogens is 1. The highest BCUT2D eigenvalue weighted by Crippen LogP contribution is 2.24. The van der Waals surface area contributed by atoms with Crippen molar-refractivity contribution in [3.8, 4) is 16.3 Å². The molecule has 3 rings (SSSR count). The molecule has 0 fully saturated rings. The van der Waals surface area contributed by atoms with Crippen molar-refractivity contribution in [3.05, 3.63) is 71.0 Å². The lowest BCUT2D eigenvalue weighted by molar-refractivity contribution is 0.0953. The second kappa shape index (κ2) is 7.90. The van der Waals surface area contributed by atoms with Crippen molar-refractivity contribution in [3.63, 3.8) is 0 Å². The summed E-state index contributed by atoms with van der Waals surface area (Å²) in [7, 11) is 1.57. The minimum Gasteiger partial charge on any atom is -0.497 e. The number of rotatable bonds is 6. The SMILES string of the molecule is COc1cccc(C(=O)NCCc2csc(-c3ccc(F)cc3)n2)c1. The van der Waals surface area contributed by atoms with Crippen LogP contribution in [0.15, 0.2) is 53.9 Å². The Bertz CT molecular complexity index is 862.